The summed E-state index contributed by atoms with van der Waals surface area (Å²) in [6.45, 7) is 14.0. The van der Waals surface area contributed by atoms with Crippen LogP contribution in [0.1, 0.15) is 60.7 Å². The van der Waals surface area contributed by atoms with Gasteiger partial charge in [-0.3, -0.25) is 9.69 Å². The molecule has 35 heavy (non-hydrogen) atoms. The number of rotatable bonds is 8. The van der Waals surface area contributed by atoms with Crippen LogP contribution in [0, 0.1) is 0 Å². The van der Waals surface area contributed by atoms with Crippen LogP contribution in [0.2, 0.25) is 0 Å². The Hall–Kier alpha value is -3.32. The van der Waals surface area contributed by atoms with E-state index in [1.165, 1.54) is 0 Å². The fourth-order valence-corrected chi connectivity index (χ4v) is 4.10. The number of ether oxygens (including phenoxy) is 1. The normalized spacial score (nSPS) is 15.1. The number of para-hydroxylation sites is 1. The maximum atomic E-state index is 13.1. The fourth-order valence-electron chi connectivity index (χ4n) is 4.10. The maximum Gasteiger partial charge on any atom is 0.289 e. The summed E-state index contributed by atoms with van der Waals surface area (Å²) >= 11 is 0. The van der Waals surface area contributed by atoms with Crippen molar-refractivity contribution in [3.8, 4) is 5.75 Å². The number of allylic oxidation sites excluding steroid dienone is 1. The molecule has 1 aliphatic heterocycles. The highest BCUT2D eigenvalue weighted by molar-refractivity contribution is 5.91. The van der Waals surface area contributed by atoms with Crippen molar-refractivity contribution in [1.82, 2.24) is 14.8 Å². The SMILES string of the molecule is C=CCc1ccccc1OCc1ccc(C(=O)N2CCCN(Cc3ncc(C(C)(C)C)o3)CC2)o1. The zero-order valence-electron chi connectivity index (χ0n) is 21.0. The molecule has 7 heteroatoms. The first kappa shape index (κ1) is 24.8. The minimum Gasteiger partial charge on any atom is -0.485 e. The number of furan rings is 1. The van der Waals surface area contributed by atoms with Gasteiger partial charge in [-0.05, 0) is 36.6 Å². The number of aromatic nitrogens is 1. The number of benzene rings is 1. The van der Waals surface area contributed by atoms with Gasteiger partial charge in [-0.15, -0.1) is 6.58 Å². The average molecular weight is 478 g/mol. The van der Waals surface area contributed by atoms with Crippen LogP contribution >= 0.6 is 0 Å². The van der Waals surface area contributed by atoms with Gasteiger partial charge in [0, 0.05) is 31.6 Å². The Morgan fingerprint density at radius 2 is 1.94 bits per heavy atom. The first-order chi connectivity index (χ1) is 16.8. The molecule has 0 bridgehead atoms. The summed E-state index contributed by atoms with van der Waals surface area (Å²) in [5.41, 5.74) is 1.01. The lowest BCUT2D eigenvalue weighted by Gasteiger charge is -2.20. The van der Waals surface area contributed by atoms with Crippen molar-refractivity contribution >= 4 is 5.91 Å². The van der Waals surface area contributed by atoms with Crippen molar-refractivity contribution in [2.75, 3.05) is 26.2 Å². The van der Waals surface area contributed by atoms with Gasteiger partial charge in [0.1, 0.15) is 23.9 Å². The molecule has 4 rings (SSSR count). The number of carbonyl (C=O) groups excluding carboxylic acids is 1. The average Bonchev–Trinajstić information content (AvgIpc) is 3.44. The second-order valence-electron chi connectivity index (χ2n) is 9.95. The van der Waals surface area contributed by atoms with Gasteiger partial charge in [-0.1, -0.05) is 45.0 Å². The highest BCUT2D eigenvalue weighted by atomic mass is 16.5. The highest BCUT2D eigenvalue weighted by Gasteiger charge is 2.24. The van der Waals surface area contributed by atoms with Crippen molar-refractivity contribution in [3.05, 3.63) is 84.0 Å². The van der Waals surface area contributed by atoms with E-state index in [-0.39, 0.29) is 17.9 Å². The summed E-state index contributed by atoms with van der Waals surface area (Å²) in [6, 6.07) is 11.4. The maximum absolute atomic E-state index is 13.1. The van der Waals surface area contributed by atoms with Gasteiger partial charge in [-0.25, -0.2) is 4.98 Å². The molecule has 2 aromatic heterocycles. The molecule has 0 saturated carbocycles. The van der Waals surface area contributed by atoms with Crippen LogP contribution in [0.25, 0.3) is 0 Å². The highest BCUT2D eigenvalue weighted by Crippen LogP contribution is 2.24. The minimum absolute atomic E-state index is 0.0604. The van der Waals surface area contributed by atoms with Gasteiger partial charge < -0.3 is 18.5 Å². The third-order valence-electron chi connectivity index (χ3n) is 6.11. The smallest absolute Gasteiger partial charge is 0.289 e. The number of carbonyl (C=O) groups is 1. The van der Waals surface area contributed by atoms with Crippen molar-refractivity contribution < 1.29 is 18.4 Å². The van der Waals surface area contributed by atoms with E-state index < -0.39 is 0 Å². The first-order valence-electron chi connectivity index (χ1n) is 12.2. The van der Waals surface area contributed by atoms with E-state index in [1.54, 1.807) is 6.07 Å². The van der Waals surface area contributed by atoms with Crippen LogP contribution in [0.5, 0.6) is 5.75 Å². The third kappa shape index (κ3) is 6.42. The molecule has 0 spiro atoms. The molecule has 3 heterocycles. The lowest BCUT2D eigenvalue weighted by molar-refractivity contribution is 0.0724. The second kappa shape index (κ2) is 11.0. The molecular weight excluding hydrogens is 442 g/mol. The van der Waals surface area contributed by atoms with Gasteiger partial charge in [0.25, 0.3) is 5.91 Å². The van der Waals surface area contributed by atoms with Gasteiger partial charge in [0.2, 0.25) is 5.89 Å². The van der Waals surface area contributed by atoms with Crippen LogP contribution in [0.15, 0.2) is 64.1 Å². The van der Waals surface area contributed by atoms with Crippen LogP contribution in [0.4, 0.5) is 0 Å². The summed E-state index contributed by atoms with van der Waals surface area (Å²) in [7, 11) is 0. The van der Waals surface area contributed by atoms with E-state index in [4.69, 9.17) is 13.6 Å². The molecule has 7 nitrogen and oxygen atoms in total. The van der Waals surface area contributed by atoms with Gasteiger partial charge >= 0.3 is 0 Å². The van der Waals surface area contributed by atoms with E-state index in [2.05, 4.69) is 37.2 Å². The van der Waals surface area contributed by atoms with Crippen molar-refractivity contribution in [1.29, 1.82) is 0 Å². The quantitative estimate of drug-likeness (QED) is 0.414. The molecule has 0 aliphatic carbocycles. The Kier molecular flexibility index (Phi) is 7.76. The van der Waals surface area contributed by atoms with Crippen molar-refractivity contribution in [2.45, 2.75) is 52.2 Å². The van der Waals surface area contributed by atoms with E-state index in [0.29, 0.717) is 31.2 Å². The van der Waals surface area contributed by atoms with Crippen molar-refractivity contribution in [2.24, 2.45) is 0 Å². The number of hydrogen-bond donors (Lipinski definition) is 0. The summed E-state index contributed by atoms with van der Waals surface area (Å²) < 4.78 is 17.7. The summed E-state index contributed by atoms with van der Waals surface area (Å²) in [5.74, 6) is 3.29. The first-order valence-corrected chi connectivity index (χ1v) is 12.2. The Balaban J connectivity index is 1.31. The minimum atomic E-state index is -0.0868. The Morgan fingerprint density at radius 1 is 1.11 bits per heavy atom. The van der Waals surface area contributed by atoms with Crippen LogP contribution in [-0.4, -0.2) is 46.9 Å². The summed E-state index contributed by atoms with van der Waals surface area (Å²) in [4.78, 5) is 21.7. The van der Waals surface area contributed by atoms with E-state index in [0.717, 1.165) is 48.9 Å². The predicted molar refractivity (Wildman–Crippen MR) is 134 cm³/mol. The number of oxazole rings is 1. The van der Waals surface area contributed by atoms with Crippen molar-refractivity contribution in [3.63, 3.8) is 0 Å². The Labute approximate surface area is 207 Å². The molecule has 0 unspecified atom stereocenters. The van der Waals surface area contributed by atoms with Gasteiger partial charge in [0.05, 0.1) is 12.7 Å². The molecule has 1 aromatic carbocycles. The summed E-state index contributed by atoms with van der Waals surface area (Å²) in [6.07, 6.45) is 5.29. The third-order valence-corrected chi connectivity index (χ3v) is 6.11. The zero-order valence-corrected chi connectivity index (χ0v) is 21.0. The topological polar surface area (TPSA) is 72.0 Å². The zero-order chi connectivity index (χ0) is 24.8. The molecule has 0 atom stereocenters. The molecule has 1 amide bonds. The van der Waals surface area contributed by atoms with Crippen LogP contribution in [0.3, 0.4) is 0 Å². The molecule has 1 aliphatic rings. The molecule has 3 aromatic rings. The molecule has 0 radical (unpaired) electrons. The molecular formula is C28H35N3O4. The predicted octanol–water partition coefficient (Wildman–Crippen LogP) is 5.22. The molecule has 186 valence electrons. The molecule has 1 fully saturated rings. The number of amides is 1. The number of nitrogens with zero attached hydrogens (tertiary/aromatic N) is 3. The van der Waals surface area contributed by atoms with E-state index >= 15 is 0 Å². The van der Waals surface area contributed by atoms with Crippen LogP contribution in [-0.2, 0) is 25.0 Å². The summed E-state index contributed by atoms with van der Waals surface area (Å²) in [5, 5.41) is 0. The lowest BCUT2D eigenvalue weighted by atomic mass is 9.94. The molecule has 1 saturated heterocycles. The lowest BCUT2D eigenvalue weighted by Crippen LogP contribution is -2.35. The van der Waals surface area contributed by atoms with E-state index in [1.807, 2.05) is 47.5 Å². The molecule has 0 N–H and O–H groups in total. The van der Waals surface area contributed by atoms with E-state index in [9.17, 15) is 4.79 Å². The standard InChI is InChI=1S/C28H35N3O4/c1-5-9-21-10-6-7-11-23(21)33-20-22-12-13-24(34-22)27(32)31-15-8-14-30(16-17-31)19-26-29-18-25(35-26)28(2,3)4/h5-7,10-13,18H,1,8-9,14-17,19-20H2,2-4H3. The van der Waals surface area contributed by atoms with Gasteiger partial charge in [0.15, 0.2) is 5.76 Å². The van der Waals surface area contributed by atoms with Crippen LogP contribution < -0.4 is 4.74 Å². The Bertz CT molecular complexity index is 1140. The number of hydrogen-bond acceptors (Lipinski definition) is 6. The largest absolute Gasteiger partial charge is 0.485 e. The monoisotopic (exact) mass is 477 g/mol. The fraction of sp³-hybridized carbons (Fsp3) is 0.429. The Morgan fingerprint density at radius 3 is 2.71 bits per heavy atom. The van der Waals surface area contributed by atoms with Gasteiger partial charge in [-0.2, -0.15) is 0 Å². The second-order valence-corrected chi connectivity index (χ2v) is 9.95.